The summed E-state index contributed by atoms with van der Waals surface area (Å²) in [5.74, 6) is -0.390. The van der Waals surface area contributed by atoms with E-state index >= 15 is 0 Å². The summed E-state index contributed by atoms with van der Waals surface area (Å²) in [4.78, 5) is 41.7. The fourth-order valence-electron chi connectivity index (χ4n) is 6.24. The van der Waals surface area contributed by atoms with Crippen LogP contribution in [0.5, 0.6) is 0 Å². The summed E-state index contributed by atoms with van der Waals surface area (Å²) in [5.41, 5.74) is 3.02. The number of amides is 3. The molecule has 2 aliphatic heterocycles. The van der Waals surface area contributed by atoms with Gasteiger partial charge in [-0.25, -0.2) is 4.79 Å². The van der Waals surface area contributed by atoms with Crippen molar-refractivity contribution >= 4 is 17.9 Å². The number of ether oxygens (including phenoxy) is 3. The first kappa shape index (κ1) is 35.2. The average Bonchev–Trinajstić information content (AvgIpc) is 3.34. The summed E-state index contributed by atoms with van der Waals surface area (Å²) < 4.78 is 18.2. The Kier molecular flexibility index (Phi) is 12.7. The lowest BCUT2D eigenvalue weighted by Gasteiger charge is -2.32. The van der Waals surface area contributed by atoms with Crippen LogP contribution < -0.4 is 5.32 Å². The lowest BCUT2D eigenvalue weighted by atomic mass is 9.99. The molecule has 0 bridgehead atoms. The molecular weight excluding hydrogens is 608 g/mol. The highest BCUT2D eigenvalue weighted by Crippen LogP contribution is 2.24. The Labute approximate surface area is 284 Å². The number of fused-ring (bicyclic) bond motifs is 1. The Morgan fingerprint density at radius 3 is 1.88 bits per heavy atom. The van der Waals surface area contributed by atoms with Gasteiger partial charge in [-0.3, -0.25) is 14.5 Å². The van der Waals surface area contributed by atoms with Gasteiger partial charge in [0.05, 0.1) is 64.2 Å². The van der Waals surface area contributed by atoms with Crippen LogP contribution in [0.15, 0.2) is 84.9 Å². The van der Waals surface area contributed by atoms with Gasteiger partial charge < -0.3 is 28.9 Å². The number of likely N-dealkylation sites (tertiary alicyclic amines) is 1. The van der Waals surface area contributed by atoms with Crippen LogP contribution in [0.25, 0.3) is 0 Å². The molecule has 0 spiro atoms. The van der Waals surface area contributed by atoms with Crippen molar-refractivity contribution in [3.05, 3.63) is 107 Å². The molecule has 0 atom stereocenters. The molecule has 2 heterocycles. The number of rotatable bonds is 17. The Hall–Kier alpha value is -4.09. The maximum Gasteiger partial charge on any atom is 0.408 e. The molecule has 0 aromatic heterocycles. The van der Waals surface area contributed by atoms with Crippen molar-refractivity contribution in [2.45, 2.75) is 31.4 Å². The quantitative estimate of drug-likeness (QED) is 0.127. The lowest BCUT2D eigenvalue weighted by Crippen LogP contribution is -2.44. The van der Waals surface area contributed by atoms with Gasteiger partial charge >= 0.3 is 6.09 Å². The number of nitrogens with zero attached hydrogens (tertiary/aromatic N) is 3. The van der Waals surface area contributed by atoms with Crippen molar-refractivity contribution in [3.8, 4) is 0 Å². The predicted octanol–water partition coefficient (Wildman–Crippen LogP) is 4.76. The lowest BCUT2D eigenvalue weighted by molar-refractivity contribution is -0.890. The second kappa shape index (κ2) is 17.3. The zero-order chi connectivity index (χ0) is 33.8. The van der Waals surface area contributed by atoms with Crippen molar-refractivity contribution < 1.29 is 33.1 Å². The Morgan fingerprint density at radius 2 is 1.29 bits per heavy atom. The highest BCUT2D eigenvalue weighted by atomic mass is 16.6. The second-order valence-corrected chi connectivity index (χ2v) is 13.1. The molecule has 1 N–H and O–H groups in total. The van der Waals surface area contributed by atoms with Gasteiger partial charge in [-0.05, 0) is 36.1 Å². The number of imide groups is 1. The maximum atomic E-state index is 12.9. The number of piperidine rings is 1. The van der Waals surface area contributed by atoms with Gasteiger partial charge in [-0.1, -0.05) is 72.8 Å². The molecule has 0 aliphatic carbocycles. The van der Waals surface area contributed by atoms with Crippen molar-refractivity contribution in [2.75, 3.05) is 79.8 Å². The zero-order valence-electron chi connectivity index (χ0n) is 28.2. The fourth-order valence-corrected chi connectivity index (χ4v) is 6.24. The molecule has 3 aromatic rings. The number of carbonyl (C=O) groups excluding carboxylic acids is 3. The van der Waals surface area contributed by atoms with Crippen LogP contribution >= 0.6 is 0 Å². The number of carbonyl (C=O) groups is 3. The van der Waals surface area contributed by atoms with Crippen LogP contribution in [0.1, 0.15) is 57.1 Å². The van der Waals surface area contributed by atoms with Gasteiger partial charge in [0.2, 0.25) is 0 Å². The average molecular weight is 658 g/mol. The van der Waals surface area contributed by atoms with E-state index < -0.39 is 6.09 Å². The number of nitrogens with one attached hydrogen (secondary N) is 1. The van der Waals surface area contributed by atoms with Gasteiger partial charge in [-0.15, -0.1) is 0 Å². The summed E-state index contributed by atoms with van der Waals surface area (Å²) >= 11 is 0. The highest BCUT2D eigenvalue weighted by Gasteiger charge is 2.35. The van der Waals surface area contributed by atoms with Crippen molar-refractivity contribution in [1.82, 2.24) is 15.1 Å². The molecule has 256 valence electrons. The number of quaternary nitrogens is 1. The minimum atomic E-state index is -0.391. The minimum Gasteiger partial charge on any atom is -0.446 e. The number of alkyl carbamates (subject to hydrolysis) is 1. The summed E-state index contributed by atoms with van der Waals surface area (Å²) in [7, 11) is 4.27. The molecule has 3 amide bonds. The van der Waals surface area contributed by atoms with Gasteiger partial charge in [0.25, 0.3) is 11.8 Å². The molecule has 48 heavy (non-hydrogen) atoms. The molecular formula is C38H49N4O6+. The smallest absolute Gasteiger partial charge is 0.408 e. The SMILES string of the molecule is C[N+](C)(CCCN1C(=O)c2ccccc2C1=O)CCOCCOCCN1CCC(OC(=O)NC(c2ccccc2)c2ccccc2)CC1. The van der Waals surface area contributed by atoms with Gasteiger partial charge in [0.1, 0.15) is 12.6 Å². The van der Waals surface area contributed by atoms with Gasteiger partial charge in [0.15, 0.2) is 0 Å². The standard InChI is InChI=1S/C38H48N4O6/c1-42(2,24-11-20-41-36(43)33-16-9-10-17-34(33)37(41)44)25-27-47-29-28-46-26-23-40-21-18-32(19-22-40)48-38(45)39-35(30-12-5-3-6-13-30)31-14-7-4-8-15-31/h3-10,12-17,32,35H,11,18-29H2,1-2H3/p+1. The minimum absolute atomic E-state index is 0.104. The van der Waals surface area contributed by atoms with Crippen LogP contribution in [-0.2, 0) is 14.2 Å². The third-order valence-electron chi connectivity index (χ3n) is 9.12. The molecule has 2 aliphatic rings. The first-order chi connectivity index (χ1) is 23.3. The molecule has 1 fully saturated rings. The van der Waals surface area contributed by atoms with Crippen LogP contribution in [0, 0.1) is 0 Å². The molecule has 5 rings (SSSR count). The third kappa shape index (κ3) is 9.96. The zero-order valence-corrected chi connectivity index (χ0v) is 28.2. The van der Waals surface area contributed by atoms with Crippen LogP contribution in [0.3, 0.4) is 0 Å². The van der Waals surface area contributed by atoms with E-state index in [4.69, 9.17) is 14.2 Å². The fraction of sp³-hybridized carbons (Fsp3) is 0.447. The van der Waals surface area contributed by atoms with E-state index in [1.54, 1.807) is 24.3 Å². The highest BCUT2D eigenvalue weighted by molar-refractivity contribution is 6.21. The van der Waals surface area contributed by atoms with Gasteiger partial charge in [0, 0.05) is 32.6 Å². The van der Waals surface area contributed by atoms with E-state index in [1.807, 2.05) is 60.7 Å². The summed E-state index contributed by atoms with van der Waals surface area (Å²) in [5, 5.41) is 3.07. The molecule has 0 unspecified atom stereocenters. The monoisotopic (exact) mass is 657 g/mol. The van der Waals surface area contributed by atoms with Crippen molar-refractivity contribution in [2.24, 2.45) is 0 Å². The van der Waals surface area contributed by atoms with E-state index in [1.165, 1.54) is 4.90 Å². The third-order valence-corrected chi connectivity index (χ3v) is 9.12. The van der Waals surface area contributed by atoms with E-state index in [0.717, 1.165) is 67.6 Å². The first-order valence-corrected chi connectivity index (χ1v) is 17.0. The van der Waals surface area contributed by atoms with E-state index in [0.29, 0.717) is 44.1 Å². The van der Waals surface area contributed by atoms with Crippen molar-refractivity contribution in [1.29, 1.82) is 0 Å². The summed E-state index contributed by atoms with van der Waals surface area (Å²) in [6.07, 6.45) is 1.83. The Bertz CT molecular complexity index is 1400. The topological polar surface area (TPSA) is 97.4 Å². The molecule has 0 radical (unpaired) electrons. The molecule has 1 saturated heterocycles. The van der Waals surface area contributed by atoms with Crippen LogP contribution in [-0.4, -0.2) is 118 Å². The normalized spacial score (nSPS) is 15.6. The molecule has 10 nitrogen and oxygen atoms in total. The Morgan fingerprint density at radius 1 is 0.750 bits per heavy atom. The summed E-state index contributed by atoms with van der Waals surface area (Å²) in [6, 6.07) is 26.6. The molecule has 3 aromatic carbocycles. The number of benzene rings is 3. The van der Waals surface area contributed by atoms with Crippen molar-refractivity contribution in [3.63, 3.8) is 0 Å². The first-order valence-electron chi connectivity index (χ1n) is 17.0. The van der Waals surface area contributed by atoms with Crippen LogP contribution in [0.4, 0.5) is 4.79 Å². The number of hydrogen-bond donors (Lipinski definition) is 1. The molecule has 10 heteroatoms. The second-order valence-electron chi connectivity index (χ2n) is 13.1. The van der Waals surface area contributed by atoms with E-state index in [2.05, 4.69) is 24.3 Å². The van der Waals surface area contributed by atoms with E-state index in [-0.39, 0.29) is 24.0 Å². The number of likely N-dealkylation sites (N-methyl/N-ethyl adjacent to an activating group) is 1. The van der Waals surface area contributed by atoms with Crippen LogP contribution in [0.2, 0.25) is 0 Å². The predicted molar refractivity (Wildman–Crippen MR) is 184 cm³/mol. The maximum absolute atomic E-state index is 12.9. The molecule has 0 saturated carbocycles. The van der Waals surface area contributed by atoms with Gasteiger partial charge in [-0.2, -0.15) is 0 Å². The largest absolute Gasteiger partial charge is 0.446 e. The number of hydrogen-bond acceptors (Lipinski definition) is 7. The Balaban J connectivity index is 0.890. The summed E-state index contributed by atoms with van der Waals surface area (Å²) in [6.45, 7) is 6.96. The van der Waals surface area contributed by atoms with E-state index in [9.17, 15) is 14.4 Å².